The predicted molar refractivity (Wildman–Crippen MR) is 58.7 cm³/mol. The fraction of sp³-hybridized carbons (Fsp3) is 0. The molecule has 1 heterocycles. The number of aromatic carboxylic acids is 1. The monoisotopic (exact) mass is 233 g/mol. The Labute approximate surface area is 96.0 Å². The second kappa shape index (κ2) is 4.56. The van der Waals surface area contributed by atoms with E-state index in [9.17, 15) is 9.18 Å². The number of hydrogen-bond acceptors (Lipinski definition) is 4. The lowest BCUT2D eigenvalue weighted by Crippen LogP contribution is -2.01. The van der Waals surface area contributed by atoms with Crippen molar-refractivity contribution in [1.29, 1.82) is 0 Å². The molecular formula is C11H8FN3O2. The van der Waals surface area contributed by atoms with E-state index in [1.54, 1.807) is 6.07 Å². The maximum absolute atomic E-state index is 13.4. The van der Waals surface area contributed by atoms with Crippen molar-refractivity contribution in [3.63, 3.8) is 0 Å². The minimum absolute atomic E-state index is 0.363. The number of hydrogen-bond donors (Lipinski definition) is 2. The lowest BCUT2D eigenvalue weighted by molar-refractivity contribution is 0.0692. The van der Waals surface area contributed by atoms with Crippen molar-refractivity contribution in [2.75, 3.05) is 5.32 Å². The number of carboxylic acids is 1. The Morgan fingerprint density at radius 1 is 1.35 bits per heavy atom. The SMILES string of the molecule is O=C(O)c1ccc(Nc2ccncn2)cc1F. The van der Waals surface area contributed by atoms with E-state index in [-0.39, 0.29) is 5.56 Å². The maximum atomic E-state index is 13.4. The highest BCUT2D eigenvalue weighted by Gasteiger charge is 2.10. The smallest absolute Gasteiger partial charge is 0.338 e. The van der Waals surface area contributed by atoms with Gasteiger partial charge in [-0.2, -0.15) is 0 Å². The maximum Gasteiger partial charge on any atom is 0.338 e. The second-order valence-corrected chi connectivity index (χ2v) is 3.22. The molecule has 0 amide bonds. The highest BCUT2D eigenvalue weighted by atomic mass is 19.1. The molecule has 0 bridgehead atoms. The summed E-state index contributed by atoms with van der Waals surface area (Å²) in [5.41, 5.74) is 0.0597. The average molecular weight is 233 g/mol. The molecule has 0 fully saturated rings. The molecule has 0 saturated carbocycles. The zero-order chi connectivity index (χ0) is 12.3. The van der Waals surface area contributed by atoms with Gasteiger partial charge in [-0.25, -0.2) is 19.2 Å². The first-order valence-electron chi connectivity index (χ1n) is 4.72. The van der Waals surface area contributed by atoms with Gasteiger partial charge in [-0.05, 0) is 24.3 Å². The van der Waals surface area contributed by atoms with Gasteiger partial charge in [0.1, 0.15) is 18.0 Å². The second-order valence-electron chi connectivity index (χ2n) is 3.22. The molecule has 0 unspecified atom stereocenters. The molecule has 0 aliphatic carbocycles. The molecule has 0 atom stereocenters. The molecule has 86 valence electrons. The van der Waals surface area contributed by atoms with E-state index < -0.39 is 11.8 Å². The summed E-state index contributed by atoms with van der Waals surface area (Å²) in [4.78, 5) is 18.2. The van der Waals surface area contributed by atoms with Crippen LogP contribution in [0.25, 0.3) is 0 Å². The van der Waals surface area contributed by atoms with Gasteiger partial charge < -0.3 is 10.4 Å². The van der Waals surface area contributed by atoms with Crippen LogP contribution in [0, 0.1) is 5.82 Å². The van der Waals surface area contributed by atoms with Crippen LogP contribution in [0.15, 0.2) is 36.8 Å². The Balaban J connectivity index is 2.24. The summed E-state index contributed by atoms with van der Waals surface area (Å²) in [5, 5.41) is 11.5. The van der Waals surface area contributed by atoms with Gasteiger partial charge in [-0.1, -0.05) is 0 Å². The first-order valence-corrected chi connectivity index (χ1v) is 4.72. The Kier molecular flexibility index (Phi) is 2.95. The summed E-state index contributed by atoms with van der Waals surface area (Å²) >= 11 is 0. The van der Waals surface area contributed by atoms with E-state index in [1.165, 1.54) is 24.7 Å². The quantitative estimate of drug-likeness (QED) is 0.848. The topological polar surface area (TPSA) is 75.1 Å². The number of anilines is 2. The van der Waals surface area contributed by atoms with Crippen molar-refractivity contribution >= 4 is 17.5 Å². The molecule has 5 nitrogen and oxygen atoms in total. The molecule has 2 aromatic rings. The van der Waals surface area contributed by atoms with Gasteiger partial charge >= 0.3 is 5.97 Å². The van der Waals surface area contributed by atoms with Crippen LogP contribution in [0.3, 0.4) is 0 Å². The number of nitrogens with one attached hydrogen (secondary N) is 1. The Hall–Kier alpha value is -2.50. The van der Waals surface area contributed by atoms with Crippen LogP contribution in [0.1, 0.15) is 10.4 Å². The number of carboxylic acid groups (broad SMARTS) is 1. The Morgan fingerprint density at radius 2 is 2.18 bits per heavy atom. The van der Waals surface area contributed by atoms with Gasteiger partial charge in [0.25, 0.3) is 0 Å². The molecule has 0 radical (unpaired) electrons. The third-order valence-electron chi connectivity index (χ3n) is 2.05. The van der Waals surface area contributed by atoms with Crippen molar-refractivity contribution in [3.05, 3.63) is 48.2 Å². The summed E-state index contributed by atoms with van der Waals surface area (Å²) in [5.74, 6) is -1.59. The molecule has 2 N–H and O–H groups in total. The van der Waals surface area contributed by atoms with E-state index >= 15 is 0 Å². The van der Waals surface area contributed by atoms with E-state index in [4.69, 9.17) is 5.11 Å². The van der Waals surface area contributed by atoms with Gasteiger partial charge in [-0.3, -0.25) is 0 Å². The van der Waals surface area contributed by atoms with Crippen LogP contribution in [-0.4, -0.2) is 21.0 Å². The molecule has 2 rings (SSSR count). The molecule has 0 saturated heterocycles. The van der Waals surface area contributed by atoms with Crippen LogP contribution in [0.2, 0.25) is 0 Å². The van der Waals surface area contributed by atoms with Crippen LogP contribution in [0.5, 0.6) is 0 Å². The first kappa shape index (κ1) is 11.0. The number of aromatic nitrogens is 2. The standard InChI is InChI=1S/C11H8FN3O2/c12-9-5-7(1-2-8(9)11(16)17)15-10-3-4-13-6-14-10/h1-6H,(H,16,17)(H,13,14,15). The Bertz CT molecular complexity index is 546. The van der Waals surface area contributed by atoms with Crippen LogP contribution < -0.4 is 5.32 Å². The Morgan fingerprint density at radius 3 is 2.76 bits per heavy atom. The minimum atomic E-state index is -1.30. The summed E-state index contributed by atoms with van der Waals surface area (Å²) in [6.07, 6.45) is 2.89. The highest BCUT2D eigenvalue weighted by Crippen LogP contribution is 2.17. The largest absolute Gasteiger partial charge is 0.478 e. The van der Waals surface area contributed by atoms with Crippen LogP contribution >= 0.6 is 0 Å². The highest BCUT2D eigenvalue weighted by molar-refractivity contribution is 5.88. The molecule has 17 heavy (non-hydrogen) atoms. The lowest BCUT2D eigenvalue weighted by atomic mass is 10.2. The summed E-state index contributed by atoms with van der Waals surface area (Å²) in [7, 11) is 0. The lowest BCUT2D eigenvalue weighted by Gasteiger charge is -2.05. The average Bonchev–Trinajstić information content (AvgIpc) is 2.30. The van der Waals surface area contributed by atoms with Crippen molar-refractivity contribution < 1.29 is 14.3 Å². The molecule has 1 aromatic heterocycles. The number of benzene rings is 1. The van der Waals surface area contributed by atoms with E-state index in [0.717, 1.165) is 6.07 Å². The normalized spacial score (nSPS) is 9.94. The van der Waals surface area contributed by atoms with E-state index in [0.29, 0.717) is 11.5 Å². The number of halogens is 1. The third kappa shape index (κ3) is 2.54. The summed E-state index contributed by atoms with van der Waals surface area (Å²) in [6.45, 7) is 0. The van der Waals surface area contributed by atoms with E-state index in [2.05, 4.69) is 15.3 Å². The van der Waals surface area contributed by atoms with Gasteiger partial charge in [0.2, 0.25) is 0 Å². The van der Waals surface area contributed by atoms with Gasteiger partial charge in [-0.15, -0.1) is 0 Å². The number of carbonyl (C=O) groups is 1. The van der Waals surface area contributed by atoms with Gasteiger partial charge in [0.05, 0.1) is 5.56 Å². The van der Waals surface area contributed by atoms with Crippen molar-refractivity contribution in [2.45, 2.75) is 0 Å². The van der Waals surface area contributed by atoms with Crippen molar-refractivity contribution in [1.82, 2.24) is 9.97 Å². The molecule has 1 aromatic carbocycles. The summed E-state index contributed by atoms with van der Waals surface area (Å²) < 4.78 is 13.4. The van der Waals surface area contributed by atoms with E-state index in [1.807, 2.05) is 0 Å². The fourth-order valence-corrected chi connectivity index (χ4v) is 1.28. The zero-order valence-corrected chi connectivity index (χ0v) is 8.59. The van der Waals surface area contributed by atoms with Gasteiger partial charge in [0.15, 0.2) is 0 Å². The van der Waals surface area contributed by atoms with Gasteiger partial charge in [0, 0.05) is 11.9 Å². The van der Waals surface area contributed by atoms with Crippen molar-refractivity contribution in [2.24, 2.45) is 0 Å². The van der Waals surface area contributed by atoms with Crippen LogP contribution in [0.4, 0.5) is 15.9 Å². The molecule has 0 spiro atoms. The first-order chi connectivity index (χ1) is 8.16. The zero-order valence-electron chi connectivity index (χ0n) is 8.59. The van der Waals surface area contributed by atoms with Crippen LogP contribution in [-0.2, 0) is 0 Å². The molecular weight excluding hydrogens is 225 g/mol. The number of nitrogens with zero attached hydrogens (tertiary/aromatic N) is 2. The third-order valence-corrected chi connectivity index (χ3v) is 2.05. The predicted octanol–water partition coefficient (Wildman–Crippen LogP) is 2.06. The summed E-state index contributed by atoms with van der Waals surface area (Å²) in [6, 6.07) is 5.38. The number of rotatable bonds is 3. The van der Waals surface area contributed by atoms with Crippen molar-refractivity contribution in [3.8, 4) is 0 Å². The fourth-order valence-electron chi connectivity index (χ4n) is 1.28. The molecule has 0 aliphatic heterocycles. The minimum Gasteiger partial charge on any atom is -0.478 e. The molecule has 6 heteroatoms. The molecule has 0 aliphatic rings.